The van der Waals surface area contributed by atoms with E-state index >= 15 is 0 Å². The topological polar surface area (TPSA) is 32.3 Å². The molecule has 1 aromatic rings. The first-order valence-corrected chi connectivity index (χ1v) is 6.32. The van der Waals surface area contributed by atoms with E-state index in [1.165, 1.54) is 32.1 Å². The minimum Gasteiger partial charge on any atom is -0.392 e. The highest BCUT2D eigenvalue weighted by atomic mass is 16.3. The smallest absolute Gasteiger partial charge is 0.0682 e. The largest absolute Gasteiger partial charge is 0.392 e. The zero-order valence-corrected chi connectivity index (χ0v) is 9.78. The molecule has 0 spiro atoms. The van der Waals surface area contributed by atoms with E-state index in [-0.39, 0.29) is 6.61 Å². The van der Waals surface area contributed by atoms with E-state index in [9.17, 15) is 0 Å². The Hall–Kier alpha value is -1.02. The van der Waals surface area contributed by atoms with Crippen LogP contribution in [0.5, 0.6) is 0 Å². The van der Waals surface area contributed by atoms with Gasteiger partial charge in [-0.15, -0.1) is 0 Å². The second-order valence-electron chi connectivity index (χ2n) is 4.74. The third-order valence-corrected chi connectivity index (χ3v) is 3.43. The van der Waals surface area contributed by atoms with Gasteiger partial charge in [-0.2, -0.15) is 0 Å². The van der Waals surface area contributed by atoms with E-state index in [2.05, 4.69) is 11.4 Å². The zero-order valence-electron chi connectivity index (χ0n) is 9.78. The molecule has 0 amide bonds. The summed E-state index contributed by atoms with van der Waals surface area (Å²) >= 11 is 0. The van der Waals surface area contributed by atoms with Gasteiger partial charge in [-0.25, -0.2) is 0 Å². The number of hydrogen-bond acceptors (Lipinski definition) is 2. The summed E-state index contributed by atoms with van der Waals surface area (Å²) in [5.74, 6) is 0.839. The molecule has 0 heterocycles. The summed E-state index contributed by atoms with van der Waals surface area (Å²) in [6.07, 6.45) is 6.93. The van der Waals surface area contributed by atoms with Crippen molar-refractivity contribution < 1.29 is 5.11 Å². The summed E-state index contributed by atoms with van der Waals surface area (Å²) in [7, 11) is 0. The fourth-order valence-corrected chi connectivity index (χ4v) is 2.43. The number of rotatable bonds is 4. The fourth-order valence-electron chi connectivity index (χ4n) is 2.43. The summed E-state index contributed by atoms with van der Waals surface area (Å²) in [5, 5.41) is 12.5. The predicted octanol–water partition coefficient (Wildman–Crippen LogP) is 3.17. The molecule has 1 saturated carbocycles. The SMILES string of the molecule is OCc1cccc(NCC2CCCCC2)c1. The molecular weight excluding hydrogens is 198 g/mol. The maximum atomic E-state index is 9.05. The summed E-state index contributed by atoms with van der Waals surface area (Å²) in [4.78, 5) is 0. The van der Waals surface area contributed by atoms with Crippen LogP contribution in [0.15, 0.2) is 24.3 Å². The summed E-state index contributed by atoms with van der Waals surface area (Å²) in [5.41, 5.74) is 2.12. The van der Waals surface area contributed by atoms with Crippen molar-refractivity contribution in [2.45, 2.75) is 38.7 Å². The number of hydrogen-bond donors (Lipinski definition) is 2. The van der Waals surface area contributed by atoms with Crippen molar-refractivity contribution >= 4 is 5.69 Å². The minimum atomic E-state index is 0.124. The van der Waals surface area contributed by atoms with Gasteiger partial charge in [-0.05, 0) is 36.5 Å². The molecule has 1 aromatic carbocycles. The maximum absolute atomic E-state index is 9.05. The first kappa shape index (κ1) is 11.5. The Labute approximate surface area is 97.7 Å². The van der Waals surface area contributed by atoms with Gasteiger partial charge in [0.1, 0.15) is 0 Å². The van der Waals surface area contributed by atoms with Crippen LogP contribution in [-0.4, -0.2) is 11.7 Å². The maximum Gasteiger partial charge on any atom is 0.0682 e. The molecule has 0 bridgehead atoms. The van der Waals surface area contributed by atoms with Gasteiger partial charge in [0.2, 0.25) is 0 Å². The van der Waals surface area contributed by atoms with Crippen molar-refractivity contribution in [3.05, 3.63) is 29.8 Å². The van der Waals surface area contributed by atoms with E-state index < -0.39 is 0 Å². The van der Waals surface area contributed by atoms with Crippen LogP contribution in [0.2, 0.25) is 0 Å². The van der Waals surface area contributed by atoms with Gasteiger partial charge in [0.25, 0.3) is 0 Å². The Morgan fingerprint density at radius 1 is 1.19 bits per heavy atom. The average Bonchev–Trinajstić information content (AvgIpc) is 2.38. The predicted molar refractivity (Wildman–Crippen MR) is 67.4 cm³/mol. The fraction of sp³-hybridized carbons (Fsp3) is 0.571. The van der Waals surface area contributed by atoms with Crippen molar-refractivity contribution in [2.75, 3.05) is 11.9 Å². The Kier molecular flexibility index (Phi) is 4.23. The molecule has 0 aliphatic heterocycles. The standard InChI is InChI=1S/C14H21NO/c16-11-13-7-4-8-14(9-13)15-10-12-5-2-1-3-6-12/h4,7-9,12,15-16H,1-3,5-6,10-11H2. The minimum absolute atomic E-state index is 0.124. The van der Waals surface area contributed by atoms with Crippen molar-refractivity contribution in [1.29, 1.82) is 0 Å². The molecule has 2 N–H and O–H groups in total. The second kappa shape index (κ2) is 5.90. The van der Waals surface area contributed by atoms with Crippen LogP contribution in [0.3, 0.4) is 0 Å². The van der Waals surface area contributed by atoms with Gasteiger partial charge in [-0.3, -0.25) is 0 Å². The molecule has 2 nitrogen and oxygen atoms in total. The lowest BCUT2D eigenvalue weighted by Crippen LogP contribution is -2.17. The number of benzene rings is 1. The van der Waals surface area contributed by atoms with E-state index in [4.69, 9.17) is 5.11 Å². The normalized spacial score (nSPS) is 17.3. The Morgan fingerprint density at radius 2 is 2.00 bits per heavy atom. The number of aliphatic hydroxyl groups excluding tert-OH is 1. The third kappa shape index (κ3) is 3.24. The molecule has 16 heavy (non-hydrogen) atoms. The van der Waals surface area contributed by atoms with Crippen LogP contribution < -0.4 is 5.32 Å². The van der Waals surface area contributed by atoms with Gasteiger partial charge in [-0.1, -0.05) is 31.4 Å². The van der Waals surface area contributed by atoms with Gasteiger partial charge in [0.05, 0.1) is 6.61 Å². The van der Waals surface area contributed by atoms with Crippen LogP contribution in [0, 0.1) is 5.92 Å². The molecule has 2 heteroatoms. The molecule has 0 saturated heterocycles. The first-order valence-electron chi connectivity index (χ1n) is 6.32. The van der Waals surface area contributed by atoms with Crippen LogP contribution in [0.25, 0.3) is 0 Å². The number of nitrogens with one attached hydrogen (secondary N) is 1. The second-order valence-corrected chi connectivity index (χ2v) is 4.74. The van der Waals surface area contributed by atoms with E-state index in [0.29, 0.717) is 0 Å². The first-order chi connectivity index (χ1) is 7.88. The van der Waals surface area contributed by atoms with E-state index in [1.54, 1.807) is 0 Å². The van der Waals surface area contributed by atoms with Crippen molar-refractivity contribution in [2.24, 2.45) is 5.92 Å². The molecule has 0 radical (unpaired) electrons. The lowest BCUT2D eigenvalue weighted by molar-refractivity contribution is 0.282. The molecule has 1 fully saturated rings. The third-order valence-electron chi connectivity index (χ3n) is 3.43. The molecule has 0 aromatic heterocycles. The molecule has 88 valence electrons. The number of anilines is 1. The lowest BCUT2D eigenvalue weighted by atomic mass is 9.89. The monoisotopic (exact) mass is 219 g/mol. The average molecular weight is 219 g/mol. The molecule has 1 aliphatic rings. The number of aliphatic hydroxyl groups is 1. The quantitative estimate of drug-likeness (QED) is 0.815. The van der Waals surface area contributed by atoms with Crippen LogP contribution >= 0.6 is 0 Å². The molecule has 0 unspecified atom stereocenters. The van der Waals surface area contributed by atoms with Crippen LogP contribution in [-0.2, 0) is 6.61 Å². The highest BCUT2D eigenvalue weighted by Gasteiger charge is 2.12. The summed E-state index contributed by atoms with van der Waals surface area (Å²) in [6.45, 7) is 1.20. The lowest BCUT2D eigenvalue weighted by Gasteiger charge is -2.22. The Bertz CT molecular complexity index is 318. The molecule has 2 rings (SSSR count). The molecule has 0 atom stereocenters. The van der Waals surface area contributed by atoms with E-state index in [0.717, 1.165) is 23.7 Å². The Morgan fingerprint density at radius 3 is 2.75 bits per heavy atom. The van der Waals surface area contributed by atoms with Gasteiger partial charge in [0, 0.05) is 12.2 Å². The van der Waals surface area contributed by atoms with Crippen molar-refractivity contribution in [1.82, 2.24) is 0 Å². The van der Waals surface area contributed by atoms with Crippen LogP contribution in [0.4, 0.5) is 5.69 Å². The Balaban J connectivity index is 1.83. The summed E-state index contributed by atoms with van der Waals surface area (Å²) < 4.78 is 0. The molecular formula is C14H21NO. The summed E-state index contributed by atoms with van der Waals surface area (Å²) in [6, 6.07) is 8.05. The van der Waals surface area contributed by atoms with Gasteiger partial charge in [0.15, 0.2) is 0 Å². The van der Waals surface area contributed by atoms with Crippen molar-refractivity contribution in [3.63, 3.8) is 0 Å². The zero-order chi connectivity index (χ0) is 11.2. The van der Waals surface area contributed by atoms with Crippen LogP contribution in [0.1, 0.15) is 37.7 Å². The van der Waals surface area contributed by atoms with Gasteiger partial charge < -0.3 is 10.4 Å². The highest BCUT2D eigenvalue weighted by Crippen LogP contribution is 2.24. The molecule has 1 aliphatic carbocycles. The highest BCUT2D eigenvalue weighted by molar-refractivity contribution is 5.45. The van der Waals surface area contributed by atoms with E-state index in [1.807, 2.05) is 18.2 Å². The van der Waals surface area contributed by atoms with Gasteiger partial charge >= 0.3 is 0 Å². The van der Waals surface area contributed by atoms with Crippen molar-refractivity contribution in [3.8, 4) is 0 Å².